The minimum atomic E-state index is -0.312. The van der Waals surface area contributed by atoms with E-state index in [1.165, 1.54) is 12.1 Å². The molecule has 1 aromatic carbocycles. The summed E-state index contributed by atoms with van der Waals surface area (Å²) in [6.45, 7) is 4.76. The van der Waals surface area contributed by atoms with Crippen LogP contribution in [0, 0.1) is 5.82 Å². The molecule has 2 fully saturated rings. The fourth-order valence-electron chi connectivity index (χ4n) is 3.64. The number of hydrogen-bond acceptors (Lipinski definition) is 4. The third-order valence-corrected chi connectivity index (χ3v) is 4.87. The van der Waals surface area contributed by atoms with Gasteiger partial charge in [-0.2, -0.15) is 0 Å². The number of carbonyl (C=O) groups is 1. The second-order valence-electron chi connectivity index (χ2n) is 6.48. The van der Waals surface area contributed by atoms with E-state index in [9.17, 15) is 9.18 Å². The Balaban J connectivity index is 1.79. The molecule has 1 spiro atoms. The fraction of sp³-hybridized carbons (Fsp3) is 0.611. The molecule has 0 bridgehead atoms. The second kappa shape index (κ2) is 7.59. The van der Waals surface area contributed by atoms with Crippen LogP contribution in [0.4, 0.5) is 10.1 Å². The zero-order valence-corrected chi connectivity index (χ0v) is 14.1. The predicted molar refractivity (Wildman–Crippen MR) is 89.6 cm³/mol. The van der Waals surface area contributed by atoms with Crippen LogP contribution in [0.15, 0.2) is 24.3 Å². The van der Waals surface area contributed by atoms with Crippen LogP contribution in [0.1, 0.15) is 26.2 Å². The standard InChI is InChI=1S/C18H25FN2O3/c1-2-23-13-17(22)21(15-5-3-14(19)4-6-15)16-11-18(24-12-16)7-9-20-10-8-18/h3-6,16,20H,2,7-13H2,1H3/t16-/m1/s1. The number of piperidine rings is 1. The van der Waals surface area contributed by atoms with Crippen LogP contribution in [-0.2, 0) is 14.3 Å². The summed E-state index contributed by atoms with van der Waals surface area (Å²) < 4.78 is 24.7. The van der Waals surface area contributed by atoms with Gasteiger partial charge < -0.3 is 19.7 Å². The van der Waals surface area contributed by atoms with Gasteiger partial charge in [-0.15, -0.1) is 0 Å². The van der Waals surface area contributed by atoms with Crippen LogP contribution >= 0.6 is 0 Å². The lowest BCUT2D eigenvalue weighted by atomic mass is 9.88. The first-order valence-electron chi connectivity index (χ1n) is 8.63. The Morgan fingerprint density at radius 1 is 1.38 bits per heavy atom. The van der Waals surface area contributed by atoms with Crippen LogP contribution < -0.4 is 10.2 Å². The summed E-state index contributed by atoms with van der Waals surface area (Å²) in [6, 6.07) is 6.01. The van der Waals surface area contributed by atoms with Gasteiger partial charge in [0.25, 0.3) is 5.91 Å². The van der Waals surface area contributed by atoms with Crippen molar-refractivity contribution in [2.75, 3.05) is 37.8 Å². The van der Waals surface area contributed by atoms with E-state index < -0.39 is 0 Å². The van der Waals surface area contributed by atoms with E-state index >= 15 is 0 Å². The number of hydrogen-bond donors (Lipinski definition) is 1. The first kappa shape index (κ1) is 17.3. The average Bonchev–Trinajstić information content (AvgIpc) is 2.98. The average molecular weight is 336 g/mol. The molecule has 6 heteroatoms. The molecule has 24 heavy (non-hydrogen) atoms. The number of benzene rings is 1. The maximum Gasteiger partial charge on any atom is 0.253 e. The number of halogens is 1. The molecule has 5 nitrogen and oxygen atoms in total. The molecule has 0 radical (unpaired) electrons. The minimum Gasteiger partial charge on any atom is -0.373 e. The van der Waals surface area contributed by atoms with Crippen molar-refractivity contribution in [3.05, 3.63) is 30.1 Å². The molecule has 132 valence electrons. The second-order valence-corrected chi connectivity index (χ2v) is 6.48. The highest BCUT2D eigenvalue weighted by Crippen LogP contribution is 2.37. The number of nitrogens with zero attached hydrogens (tertiary/aromatic N) is 1. The van der Waals surface area contributed by atoms with Gasteiger partial charge in [0.1, 0.15) is 12.4 Å². The zero-order chi connectivity index (χ0) is 17.0. The van der Waals surface area contributed by atoms with Gasteiger partial charge in [-0.25, -0.2) is 4.39 Å². The fourth-order valence-corrected chi connectivity index (χ4v) is 3.64. The van der Waals surface area contributed by atoms with Gasteiger partial charge in [-0.1, -0.05) is 0 Å². The lowest BCUT2D eigenvalue weighted by Crippen LogP contribution is -2.45. The van der Waals surface area contributed by atoms with Gasteiger partial charge in [-0.05, 0) is 63.5 Å². The topological polar surface area (TPSA) is 50.8 Å². The first-order chi connectivity index (χ1) is 11.6. The highest BCUT2D eigenvalue weighted by atomic mass is 19.1. The smallest absolute Gasteiger partial charge is 0.253 e. The van der Waals surface area contributed by atoms with E-state index in [1.807, 2.05) is 6.92 Å². The molecule has 1 aromatic rings. The lowest BCUT2D eigenvalue weighted by molar-refractivity contribution is -0.123. The molecule has 1 N–H and O–H groups in total. The van der Waals surface area contributed by atoms with Crippen LogP contribution in [0.2, 0.25) is 0 Å². The molecule has 0 saturated carbocycles. The summed E-state index contributed by atoms with van der Waals surface area (Å²) in [5.74, 6) is -0.420. The Kier molecular flexibility index (Phi) is 5.48. The minimum absolute atomic E-state index is 0.0267. The number of anilines is 1. The lowest BCUT2D eigenvalue weighted by Gasteiger charge is -2.34. The van der Waals surface area contributed by atoms with Crippen LogP contribution in [-0.4, -0.2) is 50.5 Å². The van der Waals surface area contributed by atoms with E-state index in [4.69, 9.17) is 9.47 Å². The highest BCUT2D eigenvalue weighted by Gasteiger charge is 2.44. The Bertz CT molecular complexity index is 558. The predicted octanol–water partition coefficient (Wildman–Crippen LogP) is 2.11. The Labute approximate surface area is 142 Å². The van der Waals surface area contributed by atoms with Crippen LogP contribution in [0.3, 0.4) is 0 Å². The normalized spacial score (nSPS) is 22.7. The molecule has 2 heterocycles. The molecule has 2 aliphatic heterocycles. The number of carbonyl (C=O) groups excluding carboxylic acids is 1. The van der Waals surface area contributed by atoms with Crippen molar-refractivity contribution in [2.45, 2.75) is 37.8 Å². The van der Waals surface area contributed by atoms with E-state index in [2.05, 4.69) is 5.32 Å². The zero-order valence-electron chi connectivity index (χ0n) is 14.1. The van der Waals surface area contributed by atoms with Crippen LogP contribution in [0.5, 0.6) is 0 Å². The van der Waals surface area contributed by atoms with E-state index in [1.54, 1.807) is 17.0 Å². The maximum atomic E-state index is 13.3. The Morgan fingerprint density at radius 3 is 2.75 bits per heavy atom. The van der Waals surface area contributed by atoms with E-state index in [-0.39, 0.29) is 30.0 Å². The van der Waals surface area contributed by atoms with E-state index in [0.717, 1.165) is 32.4 Å². The molecule has 2 aliphatic rings. The summed E-state index contributed by atoms with van der Waals surface area (Å²) in [5.41, 5.74) is 0.556. The molecule has 3 rings (SSSR count). The Hall–Kier alpha value is -1.50. The maximum absolute atomic E-state index is 13.3. The number of ether oxygens (including phenoxy) is 2. The van der Waals surface area contributed by atoms with Crippen LogP contribution in [0.25, 0.3) is 0 Å². The van der Waals surface area contributed by atoms with Crippen molar-refractivity contribution in [2.24, 2.45) is 0 Å². The largest absolute Gasteiger partial charge is 0.373 e. The van der Waals surface area contributed by atoms with Gasteiger partial charge in [0, 0.05) is 12.3 Å². The molecule has 0 aliphatic carbocycles. The van der Waals surface area contributed by atoms with Crippen molar-refractivity contribution in [1.82, 2.24) is 5.32 Å². The van der Waals surface area contributed by atoms with Gasteiger partial charge in [0.2, 0.25) is 0 Å². The number of rotatable bonds is 5. The number of nitrogens with one attached hydrogen (secondary N) is 1. The summed E-state index contributed by atoms with van der Waals surface area (Å²) >= 11 is 0. The van der Waals surface area contributed by atoms with Gasteiger partial charge in [0.05, 0.1) is 18.2 Å². The molecule has 0 aromatic heterocycles. The molecular weight excluding hydrogens is 311 g/mol. The summed E-state index contributed by atoms with van der Waals surface area (Å²) in [6.07, 6.45) is 2.73. The molecule has 1 atom stereocenters. The highest BCUT2D eigenvalue weighted by molar-refractivity contribution is 5.95. The molecular formula is C18H25FN2O3. The summed E-state index contributed by atoms with van der Waals surface area (Å²) in [7, 11) is 0. The van der Waals surface area contributed by atoms with Crippen molar-refractivity contribution in [1.29, 1.82) is 0 Å². The summed E-state index contributed by atoms with van der Waals surface area (Å²) in [4.78, 5) is 14.4. The van der Waals surface area contributed by atoms with Crippen molar-refractivity contribution < 1.29 is 18.7 Å². The number of amides is 1. The molecule has 2 saturated heterocycles. The Morgan fingerprint density at radius 2 is 2.08 bits per heavy atom. The third-order valence-electron chi connectivity index (χ3n) is 4.87. The van der Waals surface area contributed by atoms with Gasteiger partial charge in [-0.3, -0.25) is 4.79 Å². The van der Waals surface area contributed by atoms with E-state index in [0.29, 0.717) is 18.9 Å². The third kappa shape index (κ3) is 3.77. The molecule has 1 amide bonds. The van der Waals surface area contributed by atoms with Gasteiger partial charge in [0.15, 0.2) is 0 Å². The SMILES string of the molecule is CCOCC(=O)N(c1ccc(F)cc1)[C@H]1COC2(CCNCC2)C1. The van der Waals surface area contributed by atoms with Gasteiger partial charge >= 0.3 is 0 Å². The molecule has 0 unspecified atom stereocenters. The van der Waals surface area contributed by atoms with Crippen molar-refractivity contribution in [3.8, 4) is 0 Å². The van der Waals surface area contributed by atoms with Crippen molar-refractivity contribution >= 4 is 11.6 Å². The van der Waals surface area contributed by atoms with Crippen molar-refractivity contribution in [3.63, 3.8) is 0 Å². The monoisotopic (exact) mass is 336 g/mol. The summed E-state index contributed by atoms with van der Waals surface area (Å²) in [5, 5.41) is 3.35. The quantitative estimate of drug-likeness (QED) is 0.895. The first-order valence-corrected chi connectivity index (χ1v) is 8.63.